The summed E-state index contributed by atoms with van der Waals surface area (Å²) in [5.41, 5.74) is 5.36. The van der Waals surface area contributed by atoms with Crippen molar-refractivity contribution >= 4 is 17.8 Å². The van der Waals surface area contributed by atoms with Crippen molar-refractivity contribution in [3.63, 3.8) is 0 Å². The minimum atomic E-state index is 0.287. The Morgan fingerprint density at radius 2 is 1.78 bits per heavy atom. The van der Waals surface area contributed by atoms with Crippen molar-refractivity contribution in [3.8, 4) is 0 Å². The maximum absolute atomic E-state index is 5.52. The lowest BCUT2D eigenvalue weighted by molar-refractivity contribution is 0.0547. The lowest BCUT2D eigenvalue weighted by Gasteiger charge is -2.27. The van der Waals surface area contributed by atoms with Gasteiger partial charge in [-0.2, -0.15) is 15.0 Å². The van der Waals surface area contributed by atoms with E-state index in [1.54, 1.807) is 0 Å². The van der Waals surface area contributed by atoms with Crippen LogP contribution in [-0.2, 0) is 14.2 Å². The zero-order valence-electron chi connectivity index (χ0n) is 16.4. The van der Waals surface area contributed by atoms with E-state index in [0.717, 1.165) is 19.5 Å². The molecule has 2 heterocycles. The summed E-state index contributed by atoms with van der Waals surface area (Å²) in [6.45, 7) is 10.5. The van der Waals surface area contributed by atoms with Crippen molar-refractivity contribution < 1.29 is 14.2 Å². The lowest BCUT2D eigenvalue weighted by atomic mass is 10.3. The molecule has 10 heteroatoms. The van der Waals surface area contributed by atoms with Crippen LogP contribution in [0, 0.1) is 0 Å². The first-order chi connectivity index (χ1) is 13.2. The molecule has 0 saturated carbocycles. The van der Waals surface area contributed by atoms with Crippen LogP contribution >= 0.6 is 0 Å². The maximum atomic E-state index is 5.52. The van der Waals surface area contributed by atoms with Crippen molar-refractivity contribution in [2.75, 3.05) is 81.4 Å². The number of hydrogen-bond donors (Lipinski definition) is 3. The molecule has 0 aliphatic carbocycles. The van der Waals surface area contributed by atoms with Crippen LogP contribution in [0.5, 0.6) is 0 Å². The second-order valence-corrected chi connectivity index (χ2v) is 6.28. The van der Waals surface area contributed by atoms with E-state index in [1.165, 1.54) is 0 Å². The summed E-state index contributed by atoms with van der Waals surface area (Å²) in [6.07, 6.45) is 0.987. The van der Waals surface area contributed by atoms with Gasteiger partial charge in [0, 0.05) is 32.2 Å². The van der Waals surface area contributed by atoms with Gasteiger partial charge in [-0.05, 0) is 13.3 Å². The quantitative estimate of drug-likeness (QED) is 0.411. The highest BCUT2D eigenvalue weighted by molar-refractivity contribution is 5.44. The van der Waals surface area contributed by atoms with Gasteiger partial charge in [-0.15, -0.1) is 0 Å². The van der Waals surface area contributed by atoms with Gasteiger partial charge in [0.25, 0.3) is 0 Å². The fraction of sp³-hybridized carbons (Fsp3) is 0.824. The monoisotopic (exact) mass is 383 g/mol. The van der Waals surface area contributed by atoms with Crippen LogP contribution < -0.4 is 21.3 Å². The molecule has 1 saturated heterocycles. The molecule has 0 amide bonds. The molecule has 1 atom stereocenters. The van der Waals surface area contributed by atoms with Crippen LogP contribution in [0.1, 0.15) is 20.3 Å². The molecule has 0 bridgehead atoms. The third-order valence-electron chi connectivity index (χ3n) is 4.07. The predicted octanol–water partition coefficient (Wildman–Crippen LogP) is 0.322. The number of anilines is 3. The Hall–Kier alpha value is -1.75. The molecule has 1 unspecified atom stereocenters. The van der Waals surface area contributed by atoms with E-state index >= 15 is 0 Å². The molecule has 1 aliphatic heterocycles. The van der Waals surface area contributed by atoms with Crippen LogP contribution in [-0.4, -0.2) is 86.8 Å². The van der Waals surface area contributed by atoms with Crippen molar-refractivity contribution in [2.24, 2.45) is 5.73 Å². The Bertz CT molecular complexity index is 529. The fourth-order valence-electron chi connectivity index (χ4n) is 2.38. The smallest absolute Gasteiger partial charge is 0.232 e. The zero-order valence-corrected chi connectivity index (χ0v) is 16.4. The Morgan fingerprint density at radius 1 is 1.07 bits per heavy atom. The van der Waals surface area contributed by atoms with Gasteiger partial charge in [-0.1, -0.05) is 6.92 Å². The molecule has 27 heavy (non-hydrogen) atoms. The van der Waals surface area contributed by atoms with Gasteiger partial charge in [-0.3, -0.25) is 0 Å². The molecule has 0 aromatic carbocycles. The molecule has 4 N–H and O–H groups in total. The highest BCUT2D eigenvalue weighted by atomic mass is 16.5. The molecule has 1 fully saturated rings. The topological polar surface area (TPSA) is 120 Å². The summed E-state index contributed by atoms with van der Waals surface area (Å²) in [7, 11) is 0. The van der Waals surface area contributed by atoms with Crippen LogP contribution in [0.4, 0.5) is 17.8 Å². The number of nitrogens with one attached hydrogen (secondary N) is 2. The third-order valence-corrected chi connectivity index (χ3v) is 4.07. The summed E-state index contributed by atoms with van der Waals surface area (Å²) in [5, 5.41) is 6.54. The summed E-state index contributed by atoms with van der Waals surface area (Å²) in [5.74, 6) is 1.79. The van der Waals surface area contributed by atoms with E-state index in [-0.39, 0.29) is 6.04 Å². The highest BCUT2D eigenvalue weighted by Gasteiger charge is 2.17. The molecule has 0 spiro atoms. The molecular formula is C17H33N7O3. The van der Waals surface area contributed by atoms with E-state index in [9.17, 15) is 0 Å². The number of rotatable bonds is 13. The third kappa shape index (κ3) is 8.21. The van der Waals surface area contributed by atoms with Gasteiger partial charge >= 0.3 is 0 Å². The molecule has 1 aromatic heterocycles. The fourth-order valence-corrected chi connectivity index (χ4v) is 2.38. The normalized spacial score (nSPS) is 15.6. The average molecular weight is 383 g/mol. The van der Waals surface area contributed by atoms with Crippen LogP contribution in [0.15, 0.2) is 0 Å². The van der Waals surface area contributed by atoms with Crippen molar-refractivity contribution in [1.82, 2.24) is 15.0 Å². The second kappa shape index (κ2) is 12.6. The Morgan fingerprint density at radius 3 is 2.48 bits per heavy atom. The largest absolute Gasteiger partial charge is 0.378 e. The number of nitrogens with zero attached hydrogens (tertiary/aromatic N) is 4. The molecule has 0 radical (unpaired) electrons. The van der Waals surface area contributed by atoms with E-state index in [0.29, 0.717) is 70.6 Å². The van der Waals surface area contributed by atoms with E-state index in [1.807, 2.05) is 0 Å². The van der Waals surface area contributed by atoms with E-state index < -0.39 is 0 Å². The number of ether oxygens (including phenoxy) is 3. The first-order valence-electron chi connectivity index (χ1n) is 9.67. The minimum Gasteiger partial charge on any atom is -0.378 e. The Balaban J connectivity index is 1.88. The number of nitrogens with two attached hydrogens (primary N) is 1. The predicted molar refractivity (Wildman–Crippen MR) is 105 cm³/mol. The second-order valence-electron chi connectivity index (χ2n) is 6.28. The van der Waals surface area contributed by atoms with E-state index in [4.69, 9.17) is 19.9 Å². The van der Waals surface area contributed by atoms with Gasteiger partial charge < -0.3 is 35.5 Å². The van der Waals surface area contributed by atoms with Crippen molar-refractivity contribution in [3.05, 3.63) is 0 Å². The van der Waals surface area contributed by atoms with Crippen molar-refractivity contribution in [2.45, 2.75) is 26.3 Å². The molecule has 10 nitrogen and oxygen atoms in total. The summed E-state index contributed by atoms with van der Waals surface area (Å²) >= 11 is 0. The summed E-state index contributed by atoms with van der Waals surface area (Å²) in [6, 6.07) is 0.287. The zero-order chi connectivity index (χ0) is 19.3. The van der Waals surface area contributed by atoms with Gasteiger partial charge in [0.05, 0.1) is 39.6 Å². The van der Waals surface area contributed by atoms with Crippen LogP contribution in [0.2, 0.25) is 0 Å². The maximum Gasteiger partial charge on any atom is 0.232 e. The molecule has 1 aliphatic rings. The average Bonchev–Trinajstić information content (AvgIpc) is 2.70. The molecule has 154 valence electrons. The Labute approximate surface area is 161 Å². The number of morpholine rings is 1. The van der Waals surface area contributed by atoms with Crippen molar-refractivity contribution in [1.29, 1.82) is 0 Å². The summed E-state index contributed by atoms with van der Waals surface area (Å²) < 4.78 is 16.2. The van der Waals surface area contributed by atoms with Crippen LogP contribution in [0.3, 0.4) is 0 Å². The molecular weight excluding hydrogens is 350 g/mol. The van der Waals surface area contributed by atoms with Crippen LogP contribution in [0.25, 0.3) is 0 Å². The number of aromatic nitrogens is 3. The summed E-state index contributed by atoms with van der Waals surface area (Å²) in [4.78, 5) is 15.7. The lowest BCUT2D eigenvalue weighted by Crippen LogP contribution is -2.37. The first kappa shape index (κ1) is 21.5. The van der Waals surface area contributed by atoms with Gasteiger partial charge in [0.2, 0.25) is 17.8 Å². The van der Waals surface area contributed by atoms with Gasteiger partial charge in [0.15, 0.2) is 0 Å². The molecule has 1 aromatic rings. The van der Waals surface area contributed by atoms with Gasteiger partial charge in [0.1, 0.15) is 0 Å². The van der Waals surface area contributed by atoms with E-state index in [2.05, 4.69) is 44.3 Å². The Kier molecular flexibility index (Phi) is 10.1. The molecule has 2 rings (SSSR count). The standard InChI is InChI=1S/C17H33N7O3/c1-3-14(2)20-16-21-15(19-5-9-26-13-12-25-8-4-18)22-17(23-16)24-6-10-27-11-7-24/h14H,3-13,18H2,1-2H3,(H2,19,20,21,22,23). The highest BCUT2D eigenvalue weighted by Crippen LogP contribution is 2.16. The number of hydrogen-bond acceptors (Lipinski definition) is 10. The SMILES string of the molecule is CCC(C)Nc1nc(NCCOCCOCCN)nc(N2CCOCC2)n1. The minimum absolute atomic E-state index is 0.287. The van der Waals surface area contributed by atoms with Gasteiger partial charge in [-0.25, -0.2) is 0 Å². The first-order valence-corrected chi connectivity index (χ1v) is 9.67.